The average molecular weight is 556 g/mol. The molecule has 5 aromatic rings. The molecule has 1 heterocycles. The van der Waals surface area contributed by atoms with E-state index in [0.29, 0.717) is 40.4 Å². The minimum Gasteiger partial charge on any atom is -0.493 e. The number of halogens is 1. The molecule has 0 aliphatic carbocycles. The van der Waals surface area contributed by atoms with Crippen molar-refractivity contribution in [2.75, 3.05) is 7.11 Å². The summed E-state index contributed by atoms with van der Waals surface area (Å²) >= 11 is 3.45. The number of ether oxygens (including phenoxy) is 2. The topological polar surface area (TPSA) is 65.7 Å². The van der Waals surface area contributed by atoms with Crippen LogP contribution < -0.4 is 15.0 Å². The van der Waals surface area contributed by atoms with Crippen molar-refractivity contribution in [2.45, 2.75) is 26.4 Å². The van der Waals surface area contributed by atoms with Crippen molar-refractivity contribution in [1.29, 1.82) is 0 Å². The van der Waals surface area contributed by atoms with Crippen molar-refractivity contribution >= 4 is 43.8 Å². The lowest BCUT2D eigenvalue weighted by atomic mass is 10.1. The lowest BCUT2D eigenvalue weighted by Crippen LogP contribution is -2.23. The normalized spacial score (nSPS) is 11.6. The fraction of sp³-hybridized carbons (Fsp3) is 0.167. The zero-order valence-corrected chi connectivity index (χ0v) is 22.4. The molecule has 0 saturated carbocycles. The van der Waals surface area contributed by atoms with E-state index in [1.165, 1.54) is 4.68 Å². The standard InChI is InChI=1S/C30H26BrN3O3/c1-19(2)29-33-26-15-14-23(31)16-25(26)30(35)34(29)32-17-21-10-7-13-27(36-3)28(21)37-18-22-11-6-9-20-8-4-5-12-24(20)22/h4-17,19H,18H2,1-3H3. The van der Waals surface area contributed by atoms with Gasteiger partial charge in [0.25, 0.3) is 5.56 Å². The predicted octanol–water partition coefficient (Wildman–Crippen LogP) is 6.91. The minimum absolute atomic E-state index is 0.00899. The first-order chi connectivity index (χ1) is 18.0. The van der Waals surface area contributed by atoms with Gasteiger partial charge in [-0.1, -0.05) is 78.3 Å². The molecule has 0 amide bonds. The summed E-state index contributed by atoms with van der Waals surface area (Å²) in [7, 11) is 1.60. The number of rotatable bonds is 7. The van der Waals surface area contributed by atoms with Crippen LogP contribution in [0.25, 0.3) is 21.7 Å². The largest absolute Gasteiger partial charge is 0.493 e. The summed E-state index contributed by atoms with van der Waals surface area (Å²) < 4.78 is 14.1. The third-order valence-electron chi connectivity index (χ3n) is 6.14. The smallest absolute Gasteiger partial charge is 0.282 e. The highest BCUT2D eigenvalue weighted by molar-refractivity contribution is 9.10. The van der Waals surface area contributed by atoms with Crippen LogP contribution in [0.2, 0.25) is 0 Å². The molecular weight excluding hydrogens is 530 g/mol. The van der Waals surface area contributed by atoms with Crippen LogP contribution in [0.3, 0.4) is 0 Å². The summed E-state index contributed by atoms with van der Waals surface area (Å²) in [4.78, 5) is 18.1. The lowest BCUT2D eigenvalue weighted by Gasteiger charge is -2.15. The predicted molar refractivity (Wildman–Crippen MR) is 152 cm³/mol. The van der Waals surface area contributed by atoms with Gasteiger partial charge in [0.15, 0.2) is 11.5 Å². The number of aromatic nitrogens is 2. The van der Waals surface area contributed by atoms with Gasteiger partial charge < -0.3 is 9.47 Å². The molecule has 0 radical (unpaired) electrons. The number of para-hydroxylation sites is 1. The molecule has 0 fully saturated rings. The van der Waals surface area contributed by atoms with Crippen molar-refractivity contribution in [3.63, 3.8) is 0 Å². The van der Waals surface area contributed by atoms with Gasteiger partial charge in [-0.3, -0.25) is 4.79 Å². The molecule has 0 saturated heterocycles. The molecule has 4 aromatic carbocycles. The Morgan fingerprint density at radius 3 is 2.59 bits per heavy atom. The van der Waals surface area contributed by atoms with E-state index in [-0.39, 0.29) is 11.5 Å². The fourth-order valence-electron chi connectivity index (χ4n) is 4.29. The second-order valence-electron chi connectivity index (χ2n) is 8.95. The first-order valence-corrected chi connectivity index (χ1v) is 12.8. The van der Waals surface area contributed by atoms with Crippen LogP contribution in [-0.4, -0.2) is 23.0 Å². The van der Waals surface area contributed by atoms with Gasteiger partial charge in [0.1, 0.15) is 12.4 Å². The van der Waals surface area contributed by atoms with E-state index in [2.05, 4.69) is 45.3 Å². The maximum absolute atomic E-state index is 13.4. The molecule has 1 aromatic heterocycles. The van der Waals surface area contributed by atoms with E-state index < -0.39 is 0 Å². The molecule has 37 heavy (non-hydrogen) atoms. The van der Waals surface area contributed by atoms with Crippen molar-refractivity contribution < 1.29 is 9.47 Å². The van der Waals surface area contributed by atoms with Crippen molar-refractivity contribution in [3.05, 3.63) is 111 Å². The molecule has 5 rings (SSSR count). The molecule has 7 heteroatoms. The van der Waals surface area contributed by atoms with Crippen LogP contribution in [0.4, 0.5) is 0 Å². The van der Waals surface area contributed by atoms with Crippen molar-refractivity contribution in [2.24, 2.45) is 5.10 Å². The summed E-state index contributed by atoms with van der Waals surface area (Å²) in [6, 6.07) is 25.5. The minimum atomic E-state index is -0.229. The number of hydrogen-bond acceptors (Lipinski definition) is 5. The maximum atomic E-state index is 13.4. The van der Waals surface area contributed by atoms with Crippen LogP contribution in [0.1, 0.15) is 36.7 Å². The molecule has 0 unspecified atom stereocenters. The van der Waals surface area contributed by atoms with E-state index in [1.54, 1.807) is 19.4 Å². The highest BCUT2D eigenvalue weighted by Gasteiger charge is 2.15. The lowest BCUT2D eigenvalue weighted by molar-refractivity contribution is 0.285. The van der Waals surface area contributed by atoms with Gasteiger partial charge >= 0.3 is 0 Å². The number of methoxy groups -OCH3 is 1. The fourth-order valence-corrected chi connectivity index (χ4v) is 4.65. The van der Waals surface area contributed by atoms with Gasteiger partial charge in [-0.05, 0) is 46.7 Å². The van der Waals surface area contributed by atoms with Gasteiger partial charge in [0.05, 0.1) is 24.2 Å². The maximum Gasteiger partial charge on any atom is 0.282 e. The van der Waals surface area contributed by atoms with Gasteiger partial charge in [-0.15, -0.1) is 0 Å². The summed E-state index contributed by atoms with van der Waals surface area (Å²) in [6.45, 7) is 4.33. The van der Waals surface area contributed by atoms with E-state index in [0.717, 1.165) is 20.8 Å². The Balaban J connectivity index is 1.55. The Bertz CT molecular complexity index is 1690. The molecule has 0 spiro atoms. The molecule has 0 aliphatic heterocycles. The summed E-state index contributed by atoms with van der Waals surface area (Å²) in [6.07, 6.45) is 1.62. The molecule has 0 N–H and O–H groups in total. The Morgan fingerprint density at radius 1 is 1.00 bits per heavy atom. The number of benzene rings is 4. The third kappa shape index (κ3) is 5.00. The Morgan fingerprint density at radius 2 is 1.78 bits per heavy atom. The Kier molecular flexibility index (Phi) is 7.06. The van der Waals surface area contributed by atoms with Gasteiger partial charge in [-0.2, -0.15) is 9.78 Å². The summed E-state index contributed by atoms with van der Waals surface area (Å²) in [5.41, 5.74) is 2.17. The van der Waals surface area contributed by atoms with Crippen LogP contribution in [0.5, 0.6) is 11.5 Å². The van der Waals surface area contributed by atoms with Crippen molar-refractivity contribution in [3.8, 4) is 11.5 Å². The van der Waals surface area contributed by atoms with E-state index in [1.807, 2.05) is 62.4 Å². The zero-order chi connectivity index (χ0) is 25.9. The Labute approximate surface area is 223 Å². The van der Waals surface area contributed by atoms with E-state index in [9.17, 15) is 4.79 Å². The number of fused-ring (bicyclic) bond motifs is 2. The van der Waals surface area contributed by atoms with Gasteiger partial charge in [0.2, 0.25) is 0 Å². The number of nitrogens with zero attached hydrogens (tertiary/aromatic N) is 3. The van der Waals surface area contributed by atoms with Crippen LogP contribution >= 0.6 is 15.9 Å². The average Bonchev–Trinajstić information content (AvgIpc) is 2.91. The number of hydrogen-bond donors (Lipinski definition) is 0. The van der Waals surface area contributed by atoms with Crippen LogP contribution in [0, 0.1) is 0 Å². The molecular formula is C30H26BrN3O3. The van der Waals surface area contributed by atoms with E-state index >= 15 is 0 Å². The first kappa shape index (κ1) is 24.7. The molecule has 0 atom stereocenters. The second kappa shape index (κ2) is 10.6. The van der Waals surface area contributed by atoms with E-state index in [4.69, 9.17) is 14.5 Å². The molecule has 0 bridgehead atoms. The highest BCUT2D eigenvalue weighted by atomic mass is 79.9. The van der Waals surface area contributed by atoms with Crippen molar-refractivity contribution in [1.82, 2.24) is 9.66 Å². The monoisotopic (exact) mass is 555 g/mol. The van der Waals surface area contributed by atoms with Gasteiger partial charge in [-0.25, -0.2) is 4.98 Å². The highest BCUT2D eigenvalue weighted by Crippen LogP contribution is 2.32. The molecule has 186 valence electrons. The molecule has 0 aliphatic rings. The van der Waals surface area contributed by atoms with Gasteiger partial charge in [0, 0.05) is 16.0 Å². The SMILES string of the molecule is COc1cccc(C=Nn2c(C(C)C)nc3ccc(Br)cc3c2=O)c1OCc1cccc2ccccc12. The second-order valence-corrected chi connectivity index (χ2v) is 9.87. The summed E-state index contributed by atoms with van der Waals surface area (Å²) in [5, 5.41) is 7.37. The third-order valence-corrected chi connectivity index (χ3v) is 6.64. The quantitative estimate of drug-likeness (QED) is 0.205. The zero-order valence-electron chi connectivity index (χ0n) is 20.8. The Hall–Kier alpha value is -3.97. The van der Waals surface area contributed by atoms with Crippen LogP contribution in [-0.2, 0) is 6.61 Å². The molecule has 6 nitrogen and oxygen atoms in total. The summed E-state index contributed by atoms with van der Waals surface area (Å²) in [5.74, 6) is 1.71. The van der Waals surface area contributed by atoms with Crippen LogP contribution in [0.15, 0.2) is 93.2 Å². The first-order valence-electron chi connectivity index (χ1n) is 12.0.